The van der Waals surface area contributed by atoms with Crippen molar-refractivity contribution in [3.63, 3.8) is 0 Å². The van der Waals surface area contributed by atoms with Gasteiger partial charge in [0.1, 0.15) is 34.1 Å². The summed E-state index contributed by atoms with van der Waals surface area (Å²) in [5.41, 5.74) is 6.12. The fourth-order valence-corrected chi connectivity index (χ4v) is 3.78. The Morgan fingerprint density at radius 1 is 1.39 bits per heavy atom. The van der Waals surface area contributed by atoms with Crippen LogP contribution in [0.2, 0.25) is 5.02 Å². The van der Waals surface area contributed by atoms with Crippen LogP contribution < -0.4 is 21.4 Å². The number of nitriles is 2. The normalized spacial score (nSPS) is 10.4. The molecule has 2 heterocycles. The standard InChI is InChI=1S/C19H14ClN7O3S/c1-9-12(20)4-3-5-13(9)24-14(28)8-31-18-11(7-22)15(10(6-21)17(23)25-18)16-19(29)30-26-27(16)2/h3-5H,8H2,1-2H3,(H3-,23,24,25,26,28,29)/p+1. The van der Waals surface area contributed by atoms with Crippen molar-refractivity contribution in [2.45, 2.75) is 11.9 Å². The molecule has 0 aliphatic carbocycles. The number of hydrogen-bond acceptors (Lipinski definition) is 8. The second-order valence-corrected chi connectivity index (χ2v) is 7.66. The van der Waals surface area contributed by atoms with Gasteiger partial charge in [0.15, 0.2) is 7.05 Å². The van der Waals surface area contributed by atoms with Crippen LogP contribution in [-0.2, 0) is 11.8 Å². The van der Waals surface area contributed by atoms with Crippen molar-refractivity contribution < 1.29 is 14.0 Å². The van der Waals surface area contributed by atoms with E-state index in [9.17, 15) is 20.1 Å². The van der Waals surface area contributed by atoms with Gasteiger partial charge in [-0.1, -0.05) is 34.1 Å². The van der Waals surface area contributed by atoms with Crippen LogP contribution in [0.5, 0.6) is 0 Å². The summed E-state index contributed by atoms with van der Waals surface area (Å²) in [5.74, 6) is -0.644. The number of benzene rings is 1. The van der Waals surface area contributed by atoms with Crippen LogP contribution in [0.3, 0.4) is 0 Å². The molecular formula is C19H15ClN7O3S+. The lowest BCUT2D eigenvalue weighted by Gasteiger charge is -2.11. The lowest BCUT2D eigenvalue weighted by atomic mass is 10.0. The number of nitrogens with zero attached hydrogens (tertiary/aromatic N) is 4. The molecule has 0 fully saturated rings. The maximum Gasteiger partial charge on any atom is 0.435 e. The number of thioether (sulfide) groups is 1. The minimum atomic E-state index is -0.786. The molecule has 31 heavy (non-hydrogen) atoms. The summed E-state index contributed by atoms with van der Waals surface area (Å²) in [4.78, 5) is 28.7. The average Bonchev–Trinajstić information content (AvgIpc) is 3.07. The van der Waals surface area contributed by atoms with E-state index in [1.165, 1.54) is 11.7 Å². The summed E-state index contributed by atoms with van der Waals surface area (Å²) in [6.07, 6.45) is 0. The van der Waals surface area contributed by atoms with Crippen molar-refractivity contribution >= 4 is 40.8 Å². The summed E-state index contributed by atoms with van der Waals surface area (Å²) >= 11 is 7.01. The Labute approximate surface area is 185 Å². The molecule has 0 unspecified atom stereocenters. The van der Waals surface area contributed by atoms with E-state index in [0.717, 1.165) is 17.3 Å². The van der Waals surface area contributed by atoms with Gasteiger partial charge >= 0.3 is 11.3 Å². The first-order chi connectivity index (χ1) is 14.8. The van der Waals surface area contributed by atoms with Crippen molar-refractivity contribution in [1.82, 2.24) is 10.3 Å². The number of nitrogen functional groups attached to an aromatic ring is 1. The number of aromatic nitrogens is 3. The highest BCUT2D eigenvalue weighted by atomic mass is 35.5. The van der Waals surface area contributed by atoms with Gasteiger partial charge in [-0.3, -0.25) is 9.32 Å². The van der Waals surface area contributed by atoms with E-state index in [2.05, 4.69) is 15.6 Å². The molecule has 2 aromatic heterocycles. The molecule has 0 radical (unpaired) electrons. The largest absolute Gasteiger partial charge is 0.435 e. The number of hydrogen-bond donors (Lipinski definition) is 3. The predicted molar refractivity (Wildman–Crippen MR) is 113 cm³/mol. The average molecular weight is 457 g/mol. The smallest absolute Gasteiger partial charge is 0.383 e. The van der Waals surface area contributed by atoms with Gasteiger partial charge in [-0.15, -0.1) is 0 Å². The molecule has 0 bridgehead atoms. The van der Waals surface area contributed by atoms with Crippen LogP contribution in [0, 0.1) is 29.6 Å². The molecule has 1 aromatic carbocycles. The van der Waals surface area contributed by atoms with Crippen LogP contribution in [0.15, 0.2) is 32.5 Å². The maximum atomic E-state index is 12.4. The first kappa shape index (κ1) is 21.9. The zero-order valence-corrected chi connectivity index (χ0v) is 17.9. The van der Waals surface area contributed by atoms with E-state index in [4.69, 9.17) is 21.9 Å². The number of pyridine rings is 1. The summed E-state index contributed by atoms with van der Waals surface area (Å²) in [6.45, 7) is 1.77. The van der Waals surface area contributed by atoms with Crippen molar-refractivity contribution in [3.05, 3.63) is 50.3 Å². The van der Waals surface area contributed by atoms with E-state index in [-0.39, 0.29) is 44.9 Å². The molecule has 0 aliphatic heterocycles. The minimum Gasteiger partial charge on any atom is -0.383 e. The zero-order valence-electron chi connectivity index (χ0n) is 16.3. The number of aromatic amines is 1. The first-order valence-electron chi connectivity index (χ1n) is 8.67. The topological polar surface area (TPSA) is 165 Å². The van der Waals surface area contributed by atoms with E-state index in [1.807, 2.05) is 12.1 Å². The van der Waals surface area contributed by atoms with Gasteiger partial charge in [0.25, 0.3) is 0 Å². The molecule has 12 heteroatoms. The molecule has 3 aromatic rings. The lowest BCUT2D eigenvalue weighted by molar-refractivity contribution is -0.730. The third kappa shape index (κ3) is 4.23. The molecular weight excluding hydrogens is 442 g/mol. The minimum absolute atomic E-state index is 0.0106. The molecule has 4 N–H and O–H groups in total. The molecule has 0 spiro atoms. The number of nitrogens with two attached hydrogens (primary N) is 1. The number of nitrogens with one attached hydrogen (secondary N) is 2. The molecule has 156 valence electrons. The quantitative estimate of drug-likeness (QED) is 0.386. The highest BCUT2D eigenvalue weighted by molar-refractivity contribution is 8.00. The Bertz CT molecular complexity index is 1330. The van der Waals surface area contributed by atoms with Crippen LogP contribution in [0.1, 0.15) is 16.7 Å². The number of carbonyl (C=O) groups is 1. The number of carbonyl (C=O) groups excluding carboxylic acids is 1. The van der Waals surface area contributed by atoms with Gasteiger partial charge in [0, 0.05) is 10.7 Å². The highest BCUT2D eigenvalue weighted by Crippen LogP contribution is 2.33. The second-order valence-electron chi connectivity index (χ2n) is 6.29. The fourth-order valence-electron chi connectivity index (χ4n) is 2.81. The number of rotatable bonds is 5. The van der Waals surface area contributed by atoms with Gasteiger partial charge in [0.2, 0.25) is 5.91 Å². The van der Waals surface area contributed by atoms with Gasteiger partial charge in [-0.2, -0.15) is 10.5 Å². The lowest BCUT2D eigenvalue weighted by Crippen LogP contribution is -2.34. The molecule has 0 atom stereocenters. The van der Waals surface area contributed by atoms with Gasteiger partial charge < -0.3 is 11.1 Å². The van der Waals surface area contributed by atoms with Crippen LogP contribution in [0.4, 0.5) is 11.5 Å². The third-order valence-corrected chi connectivity index (χ3v) is 5.72. The fraction of sp³-hybridized carbons (Fsp3) is 0.158. The summed E-state index contributed by atoms with van der Waals surface area (Å²) in [6, 6.07) is 8.96. The SMILES string of the molecule is Cc1c(Cl)cccc1NC(=O)CSc1nc(N)c(C#N)c(-c2c(=O)o[nH][n+]2C)c1C#N. The second kappa shape index (κ2) is 8.92. The van der Waals surface area contributed by atoms with Crippen LogP contribution in [0.25, 0.3) is 11.3 Å². The van der Waals surface area contributed by atoms with Crippen molar-refractivity contribution in [3.8, 4) is 23.4 Å². The molecule has 3 rings (SSSR count). The molecule has 0 saturated heterocycles. The van der Waals surface area contributed by atoms with Crippen molar-refractivity contribution in [1.29, 1.82) is 10.5 Å². The predicted octanol–water partition coefficient (Wildman–Crippen LogP) is 1.87. The monoisotopic (exact) mass is 456 g/mol. The number of halogens is 1. The summed E-state index contributed by atoms with van der Waals surface area (Å²) < 4.78 is 5.96. The van der Waals surface area contributed by atoms with Crippen LogP contribution >= 0.6 is 23.4 Å². The Morgan fingerprint density at radius 2 is 2.10 bits per heavy atom. The number of aryl methyl sites for hydroxylation is 1. The Balaban J connectivity index is 1.97. The third-order valence-electron chi connectivity index (χ3n) is 4.34. The Morgan fingerprint density at radius 3 is 2.71 bits per heavy atom. The van der Waals surface area contributed by atoms with Gasteiger partial charge in [0.05, 0.1) is 11.3 Å². The zero-order chi connectivity index (χ0) is 22.7. The van der Waals surface area contributed by atoms with E-state index >= 15 is 0 Å². The maximum absolute atomic E-state index is 12.4. The highest BCUT2D eigenvalue weighted by Gasteiger charge is 2.31. The number of anilines is 2. The van der Waals surface area contributed by atoms with Gasteiger partial charge in [-0.05, 0) is 29.9 Å². The van der Waals surface area contributed by atoms with Crippen molar-refractivity contribution in [2.24, 2.45) is 7.05 Å². The number of amides is 1. The van der Waals surface area contributed by atoms with Gasteiger partial charge in [-0.25, -0.2) is 9.78 Å². The first-order valence-corrected chi connectivity index (χ1v) is 10.0. The molecule has 1 amide bonds. The molecule has 0 saturated carbocycles. The van der Waals surface area contributed by atoms with Crippen molar-refractivity contribution in [2.75, 3.05) is 16.8 Å². The molecule has 0 aliphatic rings. The van der Waals surface area contributed by atoms with E-state index < -0.39 is 5.63 Å². The Hall–Kier alpha value is -3.80. The Kier molecular flexibility index (Phi) is 6.30. The summed E-state index contributed by atoms with van der Waals surface area (Å²) in [5, 5.41) is 24.9. The van der Waals surface area contributed by atoms with E-state index in [1.54, 1.807) is 25.1 Å². The van der Waals surface area contributed by atoms with E-state index in [0.29, 0.717) is 10.7 Å². The summed E-state index contributed by atoms with van der Waals surface area (Å²) in [7, 11) is 1.48. The molecule has 10 nitrogen and oxygen atoms in total. The van der Waals surface area contributed by atoms with Crippen LogP contribution in [-0.4, -0.2) is 21.9 Å². The number of H-pyrrole nitrogens is 1.